The zero-order chi connectivity index (χ0) is 17.8. The van der Waals surface area contributed by atoms with Crippen LogP contribution < -0.4 is 11.3 Å². The maximum Gasteiger partial charge on any atom is 0.252 e. The third-order valence-corrected chi connectivity index (χ3v) is 4.23. The lowest BCUT2D eigenvalue weighted by Crippen LogP contribution is -2.28. The van der Waals surface area contributed by atoms with E-state index in [2.05, 4.69) is 9.97 Å². The van der Waals surface area contributed by atoms with Gasteiger partial charge in [-0.1, -0.05) is 30.4 Å². The third-order valence-electron chi connectivity index (χ3n) is 4.23. The molecule has 0 bridgehead atoms. The van der Waals surface area contributed by atoms with Gasteiger partial charge in [0, 0.05) is 37.1 Å². The standard InChI is InChI=1S/C18H19FN4O2/c19-14-6-2-1-4-12(14)5-3-7-17(25)23-9-8-13(11-23)15-10-16(24)22-18(20)21-15/h1-6,10,13H,7-9,11H2,(H3,20,21,22,24). The van der Waals surface area contributed by atoms with E-state index in [1.807, 2.05) is 0 Å². The molecule has 0 spiro atoms. The van der Waals surface area contributed by atoms with Gasteiger partial charge in [-0.15, -0.1) is 0 Å². The highest BCUT2D eigenvalue weighted by atomic mass is 19.1. The number of carbonyl (C=O) groups excluding carboxylic acids is 1. The van der Waals surface area contributed by atoms with Crippen molar-refractivity contribution in [3.05, 3.63) is 63.8 Å². The summed E-state index contributed by atoms with van der Waals surface area (Å²) < 4.78 is 13.5. The van der Waals surface area contributed by atoms with Crippen LogP contribution in [0.4, 0.5) is 10.3 Å². The number of nitrogens with one attached hydrogen (secondary N) is 1. The molecule has 1 saturated heterocycles. The number of rotatable bonds is 4. The van der Waals surface area contributed by atoms with Gasteiger partial charge in [-0.25, -0.2) is 9.37 Å². The van der Waals surface area contributed by atoms with Crippen molar-refractivity contribution in [3.63, 3.8) is 0 Å². The van der Waals surface area contributed by atoms with Crippen LogP contribution in [0.2, 0.25) is 0 Å². The molecular formula is C18H19FN4O2. The molecule has 1 atom stereocenters. The Bertz CT molecular complexity index is 862. The molecular weight excluding hydrogens is 323 g/mol. The van der Waals surface area contributed by atoms with Crippen LogP contribution >= 0.6 is 0 Å². The molecule has 1 amide bonds. The Hall–Kier alpha value is -2.96. The average molecular weight is 342 g/mol. The van der Waals surface area contributed by atoms with E-state index in [1.54, 1.807) is 35.3 Å². The van der Waals surface area contributed by atoms with E-state index in [0.29, 0.717) is 24.3 Å². The van der Waals surface area contributed by atoms with Gasteiger partial charge in [0.15, 0.2) is 0 Å². The highest BCUT2D eigenvalue weighted by Crippen LogP contribution is 2.25. The first kappa shape index (κ1) is 16.9. The molecule has 3 N–H and O–H groups in total. The lowest BCUT2D eigenvalue weighted by atomic mass is 10.1. The fourth-order valence-electron chi connectivity index (χ4n) is 2.96. The fourth-order valence-corrected chi connectivity index (χ4v) is 2.96. The van der Waals surface area contributed by atoms with E-state index >= 15 is 0 Å². The first-order chi connectivity index (χ1) is 12.0. The summed E-state index contributed by atoms with van der Waals surface area (Å²) in [7, 11) is 0. The lowest BCUT2D eigenvalue weighted by Gasteiger charge is -2.15. The molecule has 1 aliphatic rings. The topological polar surface area (TPSA) is 92.1 Å². The van der Waals surface area contributed by atoms with Crippen molar-refractivity contribution in [2.24, 2.45) is 0 Å². The van der Waals surface area contributed by atoms with Gasteiger partial charge in [-0.05, 0) is 12.5 Å². The third kappa shape index (κ3) is 4.12. The van der Waals surface area contributed by atoms with Gasteiger partial charge >= 0.3 is 0 Å². The van der Waals surface area contributed by atoms with Crippen LogP contribution in [0.3, 0.4) is 0 Å². The van der Waals surface area contributed by atoms with Crippen molar-refractivity contribution in [3.8, 4) is 0 Å². The first-order valence-corrected chi connectivity index (χ1v) is 8.08. The van der Waals surface area contributed by atoms with Crippen LogP contribution in [0.15, 0.2) is 41.2 Å². The van der Waals surface area contributed by atoms with E-state index in [-0.39, 0.29) is 35.6 Å². The normalized spacial score (nSPS) is 17.3. The number of likely N-dealkylation sites (tertiary alicyclic amines) is 1. The van der Waals surface area contributed by atoms with Gasteiger partial charge in [0.05, 0.1) is 5.69 Å². The zero-order valence-corrected chi connectivity index (χ0v) is 13.6. The number of aromatic amines is 1. The summed E-state index contributed by atoms with van der Waals surface area (Å²) in [5.41, 5.74) is 6.34. The number of H-pyrrole nitrogens is 1. The smallest absolute Gasteiger partial charge is 0.252 e. The number of hydrogen-bond acceptors (Lipinski definition) is 4. The van der Waals surface area contributed by atoms with Gasteiger partial charge in [0.25, 0.3) is 5.56 Å². The van der Waals surface area contributed by atoms with Gasteiger partial charge in [0.1, 0.15) is 5.82 Å². The van der Waals surface area contributed by atoms with Crippen molar-refractivity contribution in [2.45, 2.75) is 18.8 Å². The molecule has 25 heavy (non-hydrogen) atoms. The minimum atomic E-state index is -0.314. The fraction of sp³-hybridized carbons (Fsp3) is 0.278. The lowest BCUT2D eigenvalue weighted by molar-refractivity contribution is -0.129. The second-order valence-electron chi connectivity index (χ2n) is 6.01. The molecule has 1 aromatic carbocycles. The maximum atomic E-state index is 13.5. The Morgan fingerprint density at radius 1 is 1.44 bits per heavy atom. The van der Waals surface area contributed by atoms with Crippen LogP contribution in [0.5, 0.6) is 0 Å². The monoisotopic (exact) mass is 342 g/mol. The second kappa shape index (κ2) is 7.29. The quantitative estimate of drug-likeness (QED) is 0.888. The van der Waals surface area contributed by atoms with Gasteiger partial charge in [-0.2, -0.15) is 0 Å². The number of carbonyl (C=O) groups is 1. The number of nitrogens with zero attached hydrogens (tertiary/aromatic N) is 2. The van der Waals surface area contributed by atoms with Gasteiger partial charge < -0.3 is 10.6 Å². The molecule has 2 aromatic rings. The Morgan fingerprint density at radius 2 is 2.24 bits per heavy atom. The van der Waals surface area contributed by atoms with Crippen LogP contribution in [-0.2, 0) is 4.79 Å². The molecule has 1 aliphatic heterocycles. The first-order valence-electron chi connectivity index (χ1n) is 8.08. The Labute approximate surface area is 144 Å². The van der Waals surface area contributed by atoms with Crippen LogP contribution in [0, 0.1) is 5.82 Å². The van der Waals surface area contributed by atoms with Crippen molar-refractivity contribution < 1.29 is 9.18 Å². The molecule has 3 rings (SSSR count). The summed E-state index contributed by atoms with van der Waals surface area (Å²) >= 11 is 0. The minimum absolute atomic E-state index is 0.00379. The Morgan fingerprint density at radius 3 is 3.00 bits per heavy atom. The Kier molecular flexibility index (Phi) is 4.92. The summed E-state index contributed by atoms with van der Waals surface area (Å²) in [5.74, 6) is -0.262. The summed E-state index contributed by atoms with van der Waals surface area (Å²) in [5, 5.41) is 0. The minimum Gasteiger partial charge on any atom is -0.369 e. The molecule has 7 heteroatoms. The number of halogens is 1. The van der Waals surface area contributed by atoms with Crippen molar-refractivity contribution in [1.29, 1.82) is 0 Å². The number of aromatic nitrogens is 2. The summed E-state index contributed by atoms with van der Waals surface area (Å²) in [6, 6.07) is 7.83. The SMILES string of the molecule is Nc1nc(C2CCN(C(=O)CC=Cc3ccccc3F)C2)cc(=O)[nH]1. The maximum absolute atomic E-state index is 13.5. The van der Waals surface area contributed by atoms with E-state index in [4.69, 9.17) is 5.73 Å². The van der Waals surface area contributed by atoms with E-state index in [9.17, 15) is 14.0 Å². The number of nitrogen functional groups attached to an aromatic ring is 1. The number of benzene rings is 1. The van der Waals surface area contributed by atoms with Crippen LogP contribution in [0.25, 0.3) is 6.08 Å². The van der Waals surface area contributed by atoms with E-state index < -0.39 is 0 Å². The van der Waals surface area contributed by atoms with E-state index in [1.165, 1.54) is 12.1 Å². The average Bonchev–Trinajstić information content (AvgIpc) is 3.06. The van der Waals surface area contributed by atoms with Crippen molar-refractivity contribution in [2.75, 3.05) is 18.8 Å². The summed E-state index contributed by atoms with van der Waals surface area (Å²) in [6.45, 7) is 1.10. The molecule has 0 radical (unpaired) electrons. The molecule has 0 saturated carbocycles. The number of amides is 1. The molecule has 1 aromatic heterocycles. The van der Waals surface area contributed by atoms with Crippen LogP contribution in [0.1, 0.15) is 30.0 Å². The molecule has 130 valence electrons. The van der Waals surface area contributed by atoms with Crippen molar-refractivity contribution >= 4 is 17.9 Å². The van der Waals surface area contributed by atoms with Crippen LogP contribution in [-0.4, -0.2) is 33.9 Å². The Balaban J connectivity index is 1.59. The second-order valence-corrected chi connectivity index (χ2v) is 6.01. The molecule has 0 aliphatic carbocycles. The molecule has 6 nitrogen and oxygen atoms in total. The van der Waals surface area contributed by atoms with E-state index in [0.717, 1.165) is 6.42 Å². The predicted molar refractivity (Wildman–Crippen MR) is 93.3 cm³/mol. The summed E-state index contributed by atoms with van der Waals surface area (Å²) in [4.78, 5) is 32.1. The highest BCUT2D eigenvalue weighted by Gasteiger charge is 2.28. The number of hydrogen-bond donors (Lipinski definition) is 2. The highest BCUT2D eigenvalue weighted by molar-refractivity contribution is 5.79. The largest absolute Gasteiger partial charge is 0.369 e. The predicted octanol–water partition coefficient (Wildman–Crippen LogP) is 1.91. The van der Waals surface area contributed by atoms with Gasteiger partial charge in [0.2, 0.25) is 11.9 Å². The number of anilines is 1. The zero-order valence-electron chi connectivity index (χ0n) is 13.6. The molecule has 1 unspecified atom stereocenters. The molecule has 1 fully saturated rings. The van der Waals surface area contributed by atoms with Gasteiger partial charge in [-0.3, -0.25) is 14.6 Å². The molecule has 2 heterocycles. The number of nitrogens with two attached hydrogens (primary N) is 1. The summed E-state index contributed by atoms with van der Waals surface area (Å²) in [6.07, 6.45) is 4.21. The van der Waals surface area contributed by atoms with Crippen molar-refractivity contribution in [1.82, 2.24) is 14.9 Å².